The first-order valence-electron chi connectivity index (χ1n) is 9.17. The summed E-state index contributed by atoms with van der Waals surface area (Å²) in [5.74, 6) is 0.776. The van der Waals surface area contributed by atoms with Crippen molar-refractivity contribution >= 4 is 34.4 Å². The van der Waals surface area contributed by atoms with Crippen molar-refractivity contribution in [3.05, 3.63) is 47.7 Å². The van der Waals surface area contributed by atoms with Gasteiger partial charge in [-0.25, -0.2) is 4.98 Å². The summed E-state index contributed by atoms with van der Waals surface area (Å²) < 4.78 is 1.53. The molecule has 3 aromatic rings. The number of rotatable bonds is 6. The van der Waals surface area contributed by atoms with Gasteiger partial charge < -0.3 is 16.0 Å². The number of carbonyl (C=O) groups excluding carboxylic acids is 2. The van der Waals surface area contributed by atoms with E-state index in [9.17, 15) is 9.59 Å². The molecule has 3 N–H and O–H groups in total. The summed E-state index contributed by atoms with van der Waals surface area (Å²) in [4.78, 5) is 30.7. The number of fused-ring (bicyclic) bond motifs is 1. The van der Waals surface area contributed by atoms with Crippen LogP contribution in [0.25, 0.3) is 10.9 Å². The Morgan fingerprint density at radius 1 is 1.21 bits per heavy atom. The summed E-state index contributed by atoms with van der Waals surface area (Å²) >= 11 is 0. The van der Waals surface area contributed by atoms with E-state index in [2.05, 4.69) is 15.4 Å². The van der Waals surface area contributed by atoms with Gasteiger partial charge in [-0.3, -0.25) is 14.3 Å². The highest BCUT2D eigenvalue weighted by Gasteiger charge is 2.29. The van der Waals surface area contributed by atoms with Crippen LogP contribution >= 0.6 is 0 Å². The van der Waals surface area contributed by atoms with E-state index in [1.807, 2.05) is 49.3 Å². The number of hydrogen-bond donors (Lipinski definition) is 2. The van der Waals surface area contributed by atoms with Crippen LogP contribution in [0, 0.1) is 0 Å². The molecule has 0 radical (unpaired) electrons. The third kappa shape index (κ3) is 3.40. The predicted octanol–water partition coefficient (Wildman–Crippen LogP) is 2.11. The van der Waals surface area contributed by atoms with Gasteiger partial charge in [0.2, 0.25) is 5.91 Å². The molecule has 0 spiro atoms. The first-order chi connectivity index (χ1) is 13.4. The van der Waals surface area contributed by atoms with Gasteiger partial charge >= 0.3 is 0 Å². The number of aromatic nitrogens is 3. The van der Waals surface area contributed by atoms with E-state index in [4.69, 9.17) is 5.73 Å². The lowest BCUT2D eigenvalue weighted by Gasteiger charge is -2.12. The van der Waals surface area contributed by atoms with Gasteiger partial charge in [-0.15, -0.1) is 0 Å². The molecule has 8 nitrogen and oxygen atoms in total. The molecule has 0 unspecified atom stereocenters. The summed E-state index contributed by atoms with van der Waals surface area (Å²) in [6.07, 6.45) is 2.19. The van der Waals surface area contributed by atoms with Crippen molar-refractivity contribution in [1.82, 2.24) is 14.8 Å². The Balaban J connectivity index is 1.63. The van der Waals surface area contributed by atoms with Crippen molar-refractivity contribution in [1.29, 1.82) is 0 Å². The van der Waals surface area contributed by atoms with Crippen LogP contribution in [0.2, 0.25) is 0 Å². The lowest BCUT2D eigenvalue weighted by atomic mass is 10.0. The molecule has 144 valence electrons. The number of benzene rings is 1. The van der Waals surface area contributed by atoms with Gasteiger partial charge in [0.1, 0.15) is 18.2 Å². The standard InChI is InChI=1S/C20H22N6O2/c1-25(2)16-8-4-7-15(22-16)23-17(27)11-26-14-6-3-5-13(12-9-10-12)18(14)19(24-26)20(21)28/h3-8,12H,9-11H2,1-2H3,(H2,21,28)(H,22,23,27). The maximum atomic E-state index is 12.6. The van der Waals surface area contributed by atoms with Crippen molar-refractivity contribution < 1.29 is 9.59 Å². The molecular weight excluding hydrogens is 356 g/mol. The Bertz CT molecular complexity index is 1070. The van der Waals surface area contributed by atoms with Crippen LogP contribution in [-0.2, 0) is 11.3 Å². The van der Waals surface area contributed by atoms with Crippen LogP contribution in [0.3, 0.4) is 0 Å². The second-order valence-corrected chi connectivity index (χ2v) is 7.21. The van der Waals surface area contributed by atoms with Crippen LogP contribution < -0.4 is 16.0 Å². The zero-order chi connectivity index (χ0) is 19.8. The molecule has 1 aliphatic rings. The monoisotopic (exact) mass is 378 g/mol. The lowest BCUT2D eigenvalue weighted by Crippen LogP contribution is -2.21. The minimum Gasteiger partial charge on any atom is -0.364 e. The number of primary amides is 1. The fourth-order valence-corrected chi connectivity index (χ4v) is 3.34. The molecule has 0 bridgehead atoms. The summed E-state index contributed by atoms with van der Waals surface area (Å²) in [7, 11) is 3.76. The van der Waals surface area contributed by atoms with E-state index in [1.54, 1.807) is 6.07 Å². The number of nitrogens with two attached hydrogens (primary N) is 1. The highest BCUT2D eigenvalue weighted by Crippen LogP contribution is 2.43. The van der Waals surface area contributed by atoms with Crippen LogP contribution in [-0.4, -0.2) is 40.7 Å². The van der Waals surface area contributed by atoms with Gasteiger partial charge in [0.05, 0.1) is 5.52 Å². The Labute approximate surface area is 162 Å². The molecule has 4 rings (SSSR count). The number of nitrogens with zero attached hydrogens (tertiary/aromatic N) is 4. The molecule has 1 aliphatic carbocycles. The molecule has 0 aliphatic heterocycles. The Kier molecular flexibility index (Phi) is 4.46. The number of amides is 2. The van der Waals surface area contributed by atoms with Gasteiger partial charge in [0.15, 0.2) is 5.69 Å². The SMILES string of the molecule is CN(C)c1cccc(NC(=O)Cn2nc(C(N)=O)c3c(C4CC4)cccc32)n1. The third-order valence-electron chi connectivity index (χ3n) is 4.81. The zero-order valence-corrected chi connectivity index (χ0v) is 15.8. The Morgan fingerprint density at radius 3 is 2.64 bits per heavy atom. The summed E-state index contributed by atoms with van der Waals surface area (Å²) in [6.45, 7) is -0.0359. The average Bonchev–Trinajstić information content (AvgIpc) is 3.44. The number of hydrogen-bond acceptors (Lipinski definition) is 5. The number of anilines is 2. The largest absolute Gasteiger partial charge is 0.364 e. The first kappa shape index (κ1) is 18.0. The zero-order valence-electron chi connectivity index (χ0n) is 15.8. The summed E-state index contributed by atoms with van der Waals surface area (Å²) in [5.41, 5.74) is 7.59. The maximum Gasteiger partial charge on any atom is 0.269 e. The van der Waals surface area contributed by atoms with E-state index in [-0.39, 0.29) is 18.1 Å². The second-order valence-electron chi connectivity index (χ2n) is 7.21. The number of nitrogens with one attached hydrogen (secondary N) is 1. The molecule has 2 heterocycles. The van der Waals surface area contributed by atoms with Crippen LogP contribution in [0.5, 0.6) is 0 Å². The van der Waals surface area contributed by atoms with Gasteiger partial charge in [0.25, 0.3) is 5.91 Å². The van der Waals surface area contributed by atoms with Gasteiger partial charge in [0, 0.05) is 19.5 Å². The van der Waals surface area contributed by atoms with Gasteiger partial charge in [-0.05, 0) is 42.5 Å². The van der Waals surface area contributed by atoms with Gasteiger partial charge in [-0.1, -0.05) is 18.2 Å². The summed E-state index contributed by atoms with van der Waals surface area (Å²) in [6, 6.07) is 11.2. The van der Waals surface area contributed by atoms with E-state index in [0.717, 1.165) is 35.1 Å². The third-order valence-corrected chi connectivity index (χ3v) is 4.81. The van der Waals surface area contributed by atoms with Crippen molar-refractivity contribution in [3.8, 4) is 0 Å². The predicted molar refractivity (Wildman–Crippen MR) is 107 cm³/mol. The van der Waals surface area contributed by atoms with Gasteiger partial charge in [-0.2, -0.15) is 5.10 Å². The number of carbonyl (C=O) groups is 2. The van der Waals surface area contributed by atoms with Crippen LogP contribution in [0.15, 0.2) is 36.4 Å². The van der Waals surface area contributed by atoms with Crippen molar-refractivity contribution in [2.24, 2.45) is 5.73 Å². The van der Waals surface area contributed by atoms with E-state index in [1.165, 1.54) is 4.68 Å². The molecule has 8 heteroatoms. The lowest BCUT2D eigenvalue weighted by molar-refractivity contribution is -0.116. The fraction of sp³-hybridized carbons (Fsp3) is 0.300. The topological polar surface area (TPSA) is 106 Å². The van der Waals surface area contributed by atoms with E-state index in [0.29, 0.717) is 11.7 Å². The molecule has 2 aromatic heterocycles. The number of pyridine rings is 1. The van der Waals surface area contributed by atoms with E-state index < -0.39 is 5.91 Å². The summed E-state index contributed by atoms with van der Waals surface area (Å²) in [5, 5.41) is 7.89. The van der Waals surface area contributed by atoms with E-state index >= 15 is 0 Å². The van der Waals surface area contributed by atoms with Crippen molar-refractivity contribution in [2.75, 3.05) is 24.3 Å². The molecule has 1 aromatic carbocycles. The molecule has 0 saturated heterocycles. The van der Waals surface area contributed by atoms with Crippen LogP contribution in [0.4, 0.5) is 11.6 Å². The molecule has 2 amide bonds. The normalized spacial score (nSPS) is 13.5. The highest BCUT2D eigenvalue weighted by molar-refractivity contribution is 6.06. The molecule has 1 saturated carbocycles. The van der Waals surface area contributed by atoms with Crippen LogP contribution in [0.1, 0.15) is 34.8 Å². The molecular formula is C20H22N6O2. The molecule has 1 fully saturated rings. The minimum atomic E-state index is -0.586. The molecule has 28 heavy (non-hydrogen) atoms. The smallest absolute Gasteiger partial charge is 0.269 e. The highest BCUT2D eigenvalue weighted by atomic mass is 16.2. The van der Waals surface area contributed by atoms with Crippen molar-refractivity contribution in [2.45, 2.75) is 25.3 Å². The maximum absolute atomic E-state index is 12.6. The quantitative estimate of drug-likeness (QED) is 0.683. The van der Waals surface area contributed by atoms with Crippen molar-refractivity contribution in [3.63, 3.8) is 0 Å². The minimum absolute atomic E-state index is 0.0359. The Hall–Kier alpha value is -3.42. The average molecular weight is 378 g/mol. The Morgan fingerprint density at radius 2 is 1.96 bits per heavy atom. The second kappa shape index (κ2) is 6.95. The first-order valence-corrected chi connectivity index (χ1v) is 9.17. The molecule has 0 atom stereocenters. The fourth-order valence-electron chi connectivity index (χ4n) is 3.34.